The molecule has 0 saturated carbocycles. The second-order valence-electron chi connectivity index (χ2n) is 7.26. The predicted molar refractivity (Wildman–Crippen MR) is 111 cm³/mol. The minimum Gasteiger partial charge on any atom is -0.343 e. The average Bonchev–Trinajstić information content (AvgIpc) is 2.54. The summed E-state index contributed by atoms with van der Waals surface area (Å²) < 4.78 is 27.8. The van der Waals surface area contributed by atoms with Gasteiger partial charge in [0.05, 0.1) is 4.90 Å². The van der Waals surface area contributed by atoms with Crippen LogP contribution in [0, 0.1) is 26.7 Å². The van der Waals surface area contributed by atoms with Gasteiger partial charge in [-0.05, 0) is 64.3 Å². The summed E-state index contributed by atoms with van der Waals surface area (Å²) in [4.78, 5) is 14.5. The molecule has 1 aromatic rings. The van der Waals surface area contributed by atoms with E-state index in [2.05, 4.69) is 10.0 Å². The van der Waals surface area contributed by atoms with Gasteiger partial charge >= 0.3 is 0 Å². The van der Waals surface area contributed by atoms with Crippen molar-refractivity contribution in [3.8, 4) is 0 Å². The van der Waals surface area contributed by atoms with E-state index in [1.54, 1.807) is 13.8 Å². The van der Waals surface area contributed by atoms with Crippen LogP contribution >= 0.6 is 12.4 Å². The van der Waals surface area contributed by atoms with Crippen molar-refractivity contribution in [2.24, 2.45) is 5.92 Å². The zero-order chi connectivity index (χ0) is 19.3. The number of benzene rings is 1. The van der Waals surface area contributed by atoms with Crippen LogP contribution in [-0.2, 0) is 14.8 Å². The van der Waals surface area contributed by atoms with E-state index in [1.165, 1.54) is 0 Å². The van der Waals surface area contributed by atoms with Crippen molar-refractivity contribution < 1.29 is 13.2 Å². The fraction of sp³-hybridized carbons (Fsp3) is 0.632. The number of carbonyl (C=O) groups excluding carboxylic acids is 1. The van der Waals surface area contributed by atoms with E-state index < -0.39 is 10.0 Å². The third-order valence-corrected chi connectivity index (χ3v) is 6.73. The summed E-state index contributed by atoms with van der Waals surface area (Å²) in [7, 11) is -1.66. The molecule has 0 unspecified atom stereocenters. The number of nitrogens with one attached hydrogen (secondary N) is 2. The number of likely N-dealkylation sites (tertiary alicyclic amines) is 1. The van der Waals surface area contributed by atoms with Crippen molar-refractivity contribution in [1.29, 1.82) is 0 Å². The quantitative estimate of drug-likeness (QED) is 0.712. The van der Waals surface area contributed by atoms with Crippen LogP contribution in [0.15, 0.2) is 17.0 Å². The van der Waals surface area contributed by atoms with E-state index in [-0.39, 0.29) is 31.3 Å². The second-order valence-corrected chi connectivity index (χ2v) is 8.96. The summed E-state index contributed by atoms with van der Waals surface area (Å²) in [6.07, 6.45) is 2.19. The molecule has 1 aliphatic heterocycles. The summed E-state index contributed by atoms with van der Waals surface area (Å²) in [5.41, 5.74) is 2.50. The average molecular weight is 418 g/mol. The minimum atomic E-state index is -3.61. The molecule has 2 N–H and O–H groups in total. The lowest BCUT2D eigenvalue weighted by atomic mass is 9.96. The Morgan fingerprint density at radius 3 is 2.22 bits per heavy atom. The van der Waals surface area contributed by atoms with Crippen molar-refractivity contribution in [3.05, 3.63) is 28.8 Å². The zero-order valence-electron chi connectivity index (χ0n) is 16.7. The number of amides is 1. The summed E-state index contributed by atoms with van der Waals surface area (Å²) in [6, 6.07) is 3.73. The SMILES string of the molecule is CNCC1CCN(C(=O)CCNS(=O)(=O)c2c(C)cc(C)cc2C)CC1.Cl. The number of sulfonamides is 1. The number of aryl methyl sites for hydroxylation is 3. The maximum Gasteiger partial charge on any atom is 0.241 e. The fourth-order valence-electron chi connectivity index (χ4n) is 3.79. The van der Waals surface area contributed by atoms with Gasteiger partial charge in [-0.1, -0.05) is 17.7 Å². The van der Waals surface area contributed by atoms with Gasteiger partial charge in [-0.3, -0.25) is 4.79 Å². The van der Waals surface area contributed by atoms with E-state index in [0.717, 1.165) is 49.2 Å². The third kappa shape index (κ3) is 6.45. The van der Waals surface area contributed by atoms with Gasteiger partial charge in [0, 0.05) is 26.1 Å². The van der Waals surface area contributed by atoms with Crippen molar-refractivity contribution in [1.82, 2.24) is 14.9 Å². The molecular formula is C19H32ClN3O3S. The highest BCUT2D eigenvalue weighted by Gasteiger charge is 2.23. The molecule has 1 amide bonds. The highest BCUT2D eigenvalue weighted by molar-refractivity contribution is 7.89. The zero-order valence-corrected chi connectivity index (χ0v) is 18.3. The van der Waals surface area contributed by atoms with E-state index in [4.69, 9.17) is 0 Å². The van der Waals surface area contributed by atoms with Crippen LogP contribution in [-0.4, -0.2) is 52.5 Å². The van der Waals surface area contributed by atoms with Crippen LogP contribution < -0.4 is 10.0 Å². The van der Waals surface area contributed by atoms with Crippen molar-refractivity contribution >= 4 is 28.3 Å². The third-order valence-electron chi connectivity index (χ3n) is 4.96. The lowest BCUT2D eigenvalue weighted by molar-refractivity contribution is -0.132. The van der Waals surface area contributed by atoms with E-state index in [0.29, 0.717) is 10.8 Å². The summed E-state index contributed by atoms with van der Waals surface area (Å²) in [5, 5.41) is 3.18. The second kappa shape index (κ2) is 10.4. The van der Waals surface area contributed by atoms with Gasteiger partial charge in [-0.15, -0.1) is 12.4 Å². The van der Waals surface area contributed by atoms with Gasteiger partial charge in [0.1, 0.15) is 0 Å². The Morgan fingerprint density at radius 2 is 1.70 bits per heavy atom. The minimum absolute atomic E-state index is 0. The maximum atomic E-state index is 12.6. The van der Waals surface area contributed by atoms with E-state index in [1.807, 2.05) is 31.0 Å². The molecular weight excluding hydrogens is 386 g/mol. The lowest BCUT2D eigenvalue weighted by Crippen LogP contribution is -2.41. The summed E-state index contributed by atoms with van der Waals surface area (Å²) in [6.45, 7) is 8.18. The van der Waals surface area contributed by atoms with Gasteiger partial charge in [0.25, 0.3) is 0 Å². The smallest absolute Gasteiger partial charge is 0.241 e. The first-order valence-corrected chi connectivity index (χ1v) is 10.7. The monoisotopic (exact) mass is 417 g/mol. The fourth-order valence-corrected chi connectivity index (χ4v) is 5.27. The van der Waals surface area contributed by atoms with Crippen LogP contribution in [0.2, 0.25) is 0 Å². The Balaban J connectivity index is 0.00000364. The van der Waals surface area contributed by atoms with Crippen molar-refractivity contribution in [3.63, 3.8) is 0 Å². The first-order valence-electron chi connectivity index (χ1n) is 9.24. The summed E-state index contributed by atoms with van der Waals surface area (Å²) in [5.74, 6) is 0.642. The Morgan fingerprint density at radius 1 is 1.15 bits per heavy atom. The topological polar surface area (TPSA) is 78.5 Å². The molecule has 2 rings (SSSR count). The molecule has 154 valence electrons. The van der Waals surface area contributed by atoms with Crippen molar-refractivity contribution in [2.75, 3.05) is 33.2 Å². The number of piperidine rings is 1. The van der Waals surface area contributed by atoms with Gasteiger partial charge in [0.2, 0.25) is 15.9 Å². The number of halogens is 1. The number of carbonyl (C=O) groups is 1. The Hall–Kier alpha value is -1.15. The maximum absolute atomic E-state index is 12.6. The normalized spacial score (nSPS) is 15.5. The summed E-state index contributed by atoms with van der Waals surface area (Å²) >= 11 is 0. The Bertz CT molecular complexity index is 722. The molecule has 0 radical (unpaired) electrons. The molecule has 1 aromatic carbocycles. The van der Waals surface area contributed by atoms with Crippen LogP contribution in [0.4, 0.5) is 0 Å². The molecule has 0 aromatic heterocycles. The van der Waals surface area contributed by atoms with Crippen LogP contribution in [0.3, 0.4) is 0 Å². The predicted octanol–water partition coefficient (Wildman–Crippen LogP) is 2.16. The van der Waals surface area contributed by atoms with Crippen molar-refractivity contribution in [2.45, 2.75) is 44.9 Å². The molecule has 27 heavy (non-hydrogen) atoms. The molecule has 0 atom stereocenters. The number of hydrogen-bond acceptors (Lipinski definition) is 4. The van der Waals surface area contributed by atoms with Gasteiger partial charge in [0.15, 0.2) is 0 Å². The van der Waals surface area contributed by atoms with Crippen LogP contribution in [0.1, 0.15) is 36.0 Å². The van der Waals surface area contributed by atoms with Crippen LogP contribution in [0.5, 0.6) is 0 Å². The Labute approximate surface area is 169 Å². The van der Waals surface area contributed by atoms with Gasteiger partial charge < -0.3 is 10.2 Å². The number of nitrogens with zero attached hydrogens (tertiary/aromatic N) is 1. The molecule has 0 aliphatic carbocycles. The standard InChI is InChI=1S/C19H31N3O3S.ClH/c1-14-11-15(2)19(16(3)12-14)26(24,25)21-8-5-18(23)22-9-6-17(7-10-22)13-20-4;/h11-12,17,20-21H,5-10,13H2,1-4H3;1H. The molecule has 0 spiro atoms. The van der Waals surface area contributed by atoms with Gasteiger partial charge in [-0.2, -0.15) is 0 Å². The first-order chi connectivity index (χ1) is 12.2. The van der Waals surface area contributed by atoms with Gasteiger partial charge in [-0.25, -0.2) is 13.1 Å². The largest absolute Gasteiger partial charge is 0.343 e. The molecule has 1 heterocycles. The molecule has 0 bridgehead atoms. The lowest BCUT2D eigenvalue weighted by Gasteiger charge is -2.32. The first kappa shape index (κ1) is 23.9. The molecule has 1 saturated heterocycles. The highest BCUT2D eigenvalue weighted by atomic mass is 35.5. The molecule has 6 nitrogen and oxygen atoms in total. The number of hydrogen-bond donors (Lipinski definition) is 2. The van der Waals surface area contributed by atoms with Crippen LogP contribution in [0.25, 0.3) is 0 Å². The highest BCUT2D eigenvalue weighted by Crippen LogP contribution is 2.21. The Kier molecular flexibility index (Phi) is 9.21. The van der Waals surface area contributed by atoms with E-state index in [9.17, 15) is 13.2 Å². The molecule has 1 aliphatic rings. The van der Waals surface area contributed by atoms with E-state index >= 15 is 0 Å². The number of rotatable bonds is 7. The molecule has 1 fully saturated rings. The molecule has 8 heteroatoms.